The molecule has 2 aromatic rings. The van der Waals surface area contributed by atoms with Crippen molar-refractivity contribution in [2.45, 2.75) is 6.04 Å². The maximum atomic E-state index is 12.3. The van der Waals surface area contributed by atoms with Crippen LogP contribution in [0.2, 0.25) is 0 Å². The number of rotatable bonds is 6. The van der Waals surface area contributed by atoms with Gasteiger partial charge in [0.15, 0.2) is 6.04 Å². The molecule has 2 aromatic carbocycles. The molecule has 0 radical (unpaired) electrons. The first-order valence-corrected chi connectivity index (χ1v) is 7.04. The molecule has 0 heterocycles. The Balaban J connectivity index is 2.23. The number of carboxylic acids is 1. The third-order valence-corrected chi connectivity index (χ3v) is 3.41. The second-order valence-electron chi connectivity index (χ2n) is 5.01. The standard InChI is InChI=1S/C17H17N3O4/c1-24-13-7-5-10(6-8-13)14(17(22)23)20-16(21)12-4-2-3-11(9-12)15(18)19/h2-9,14H,1H3,(H3,18,19)(H,20,21)(H,22,23). The molecule has 1 amide bonds. The molecule has 24 heavy (non-hydrogen) atoms. The van der Waals surface area contributed by atoms with Crippen molar-refractivity contribution in [3.8, 4) is 5.75 Å². The van der Waals surface area contributed by atoms with E-state index in [1.54, 1.807) is 36.4 Å². The summed E-state index contributed by atoms with van der Waals surface area (Å²) in [5.41, 5.74) is 6.42. The highest BCUT2D eigenvalue weighted by atomic mass is 16.5. The molecule has 0 bridgehead atoms. The van der Waals surface area contributed by atoms with Gasteiger partial charge < -0.3 is 20.9 Å². The van der Waals surface area contributed by atoms with Gasteiger partial charge in [-0.1, -0.05) is 24.3 Å². The van der Waals surface area contributed by atoms with Crippen molar-refractivity contribution in [2.75, 3.05) is 7.11 Å². The quantitative estimate of drug-likeness (QED) is 0.473. The number of ether oxygens (including phenoxy) is 1. The summed E-state index contributed by atoms with van der Waals surface area (Å²) in [6.45, 7) is 0. The molecule has 7 nitrogen and oxygen atoms in total. The van der Waals surface area contributed by atoms with Crippen LogP contribution in [0.5, 0.6) is 5.75 Å². The average Bonchev–Trinajstić information content (AvgIpc) is 2.59. The van der Waals surface area contributed by atoms with Crippen LogP contribution in [0.15, 0.2) is 48.5 Å². The number of benzene rings is 2. The van der Waals surface area contributed by atoms with E-state index in [1.807, 2.05) is 0 Å². The van der Waals surface area contributed by atoms with Gasteiger partial charge in [0.05, 0.1) is 7.11 Å². The number of carbonyl (C=O) groups is 2. The topological polar surface area (TPSA) is 126 Å². The summed E-state index contributed by atoms with van der Waals surface area (Å²) in [6, 6.07) is 11.3. The molecule has 0 aromatic heterocycles. The van der Waals surface area contributed by atoms with Crippen LogP contribution in [-0.4, -0.2) is 29.9 Å². The molecule has 0 fully saturated rings. The van der Waals surface area contributed by atoms with Crippen LogP contribution in [0.1, 0.15) is 27.5 Å². The number of carboxylic acid groups (broad SMARTS) is 1. The largest absolute Gasteiger partial charge is 0.497 e. The Morgan fingerprint density at radius 3 is 2.33 bits per heavy atom. The van der Waals surface area contributed by atoms with Gasteiger partial charge in [0, 0.05) is 11.1 Å². The highest BCUT2D eigenvalue weighted by Crippen LogP contribution is 2.18. The van der Waals surface area contributed by atoms with E-state index in [0.29, 0.717) is 16.9 Å². The highest BCUT2D eigenvalue weighted by molar-refractivity contribution is 6.01. The van der Waals surface area contributed by atoms with E-state index in [2.05, 4.69) is 5.32 Å². The van der Waals surface area contributed by atoms with E-state index in [4.69, 9.17) is 15.9 Å². The van der Waals surface area contributed by atoms with Crippen molar-refractivity contribution in [1.82, 2.24) is 5.32 Å². The molecular weight excluding hydrogens is 310 g/mol. The number of amides is 1. The lowest BCUT2D eigenvalue weighted by Crippen LogP contribution is -2.33. The van der Waals surface area contributed by atoms with Gasteiger partial charge >= 0.3 is 5.97 Å². The van der Waals surface area contributed by atoms with Gasteiger partial charge in [0.1, 0.15) is 11.6 Å². The minimum absolute atomic E-state index is 0.172. The number of nitrogens with two attached hydrogens (primary N) is 1. The van der Waals surface area contributed by atoms with Gasteiger partial charge in [-0.3, -0.25) is 10.2 Å². The summed E-state index contributed by atoms with van der Waals surface area (Å²) < 4.78 is 5.03. The van der Waals surface area contributed by atoms with Gasteiger partial charge in [0.2, 0.25) is 0 Å². The first kappa shape index (κ1) is 17.0. The number of hydrogen-bond donors (Lipinski definition) is 4. The number of nitrogens with one attached hydrogen (secondary N) is 2. The zero-order chi connectivity index (χ0) is 17.7. The van der Waals surface area contributed by atoms with E-state index in [0.717, 1.165) is 0 Å². The summed E-state index contributed by atoms with van der Waals surface area (Å²) in [5.74, 6) is -1.34. The third-order valence-electron chi connectivity index (χ3n) is 3.41. The molecule has 0 saturated heterocycles. The lowest BCUT2D eigenvalue weighted by Gasteiger charge is -2.15. The summed E-state index contributed by atoms with van der Waals surface area (Å²) in [4.78, 5) is 23.8. The molecular formula is C17H17N3O4. The van der Waals surface area contributed by atoms with Crippen molar-refractivity contribution < 1.29 is 19.4 Å². The highest BCUT2D eigenvalue weighted by Gasteiger charge is 2.23. The Kier molecular flexibility index (Phi) is 5.16. The van der Waals surface area contributed by atoms with Gasteiger partial charge in [-0.2, -0.15) is 0 Å². The average molecular weight is 327 g/mol. The van der Waals surface area contributed by atoms with Crippen molar-refractivity contribution >= 4 is 17.7 Å². The summed E-state index contributed by atoms with van der Waals surface area (Å²) in [6.07, 6.45) is 0. The molecule has 0 aliphatic carbocycles. The minimum atomic E-state index is -1.20. The van der Waals surface area contributed by atoms with Crippen LogP contribution in [0.25, 0.3) is 0 Å². The second-order valence-corrected chi connectivity index (χ2v) is 5.01. The fourth-order valence-electron chi connectivity index (χ4n) is 2.13. The summed E-state index contributed by atoms with van der Waals surface area (Å²) in [5, 5.41) is 19.2. The first-order valence-electron chi connectivity index (χ1n) is 7.04. The summed E-state index contributed by atoms with van der Waals surface area (Å²) in [7, 11) is 1.51. The van der Waals surface area contributed by atoms with Crippen LogP contribution in [0, 0.1) is 5.41 Å². The number of hydrogen-bond acceptors (Lipinski definition) is 4. The van der Waals surface area contributed by atoms with Crippen LogP contribution in [-0.2, 0) is 4.79 Å². The van der Waals surface area contributed by atoms with Crippen LogP contribution < -0.4 is 15.8 Å². The molecule has 124 valence electrons. The molecule has 0 spiro atoms. The van der Waals surface area contributed by atoms with Crippen molar-refractivity contribution in [2.24, 2.45) is 5.73 Å². The van der Waals surface area contributed by atoms with E-state index < -0.39 is 17.9 Å². The van der Waals surface area contributed by atoms with E-state index in [-0.39, 0.29) is 11.4 Å². The number of amidine groups is 1. The first-order chi connectivity index (χ1) is 11.4. The Morgan fingerprint density at radius 1 is 1.17 bits per heavy atom. The molecule has 0 aliphatic rings. The number of nitrogen functional groups attached to an aromatic ring is 1. The molecule has 0 saturated carbocycles. The number of methoxy groups -OCH3 is 1. The molecule has 5 N–H and O–H groups in total. The van der Waals surface area contributed by atoms with Gasteiger partial charge in [-0.15, -0.1) is 0 Å². The van der Waals surface area contributed by atoms with E-state index >= 15 is 0 Å². The zero-order valence-corrected chi connectivity index (χ0v) is 12.9. The third kappa shape index (κ3) is 3.89. The summed E-state index contributed by atoms with van der Waals surface area (Å²) >= 11 is 0. The lowest BCUT2D eigenvalue weighted by atomic mass is 10.1. The van der Waals surface area contributed by atoms with Crippen molar-refractivity contribution in [3.63, 3.8) is 0 Å². The van der Waals surface area contributed by atoms with Crippen molar-refractivity contribution in [3.05, 3.63) is 65.2 Å². The van der Waals surface area contributed by atoms with Crippen LogP contribution in [0.4, 0.5) is 0 Å². The Bertz CT molecular complexity index is 772. The molecule has 2 rings (SSSR count). The second kappa shape index (κ2) is 7.28. The van der Waals surface area contributed by atoms with Gasteiger partial charge in [-0.05, 0) is 29.8 Å². The van der Waals surface area contributed by atoms with Gasteiger partial charge in [-0.25, -0.2) is 4.79 Å². The molecule has 1 unspecified atom stereocenters. The normalized spacial score (nSPS) is 11.4. The Morgan fingerprint density at radius 2 is 1.79 bits per heavy atom. The minimum Gasteiger partial charge on any atom is -0.497 e. The maximum Gasteiger partial charge on any atom is 0.330 e. The smallest absolute Gasteiger partial charge is 0.330 e. The SMILES string of the molecule is COc1ccc(C(NC(=O)c2cccc(C(=N)N)c2)C(=O)O)cc1. The number of carbonyl (C=O) groups excluding carboxylic acids is 1. The molecule has 1 atom stereocenters. The Labute approximate surface area is 138 Å². The molecule has 0 aliphatic heterocycles. The fraction of sp³-hybridized carbons (Fsp3) is 0.118. The van der Waals surface area contributed by atoms with Crippen LogP contribution >= 0.6 is 0 Å². The number of aliphatic carboxylic acids is 1. The molecule has 7 heteroatoms. The zero-order valence-electron chi connectivity index (χ0n) is 12.9. The predicted molar refractivity (Wildman–Crippen MR) is 88.3 cm³/mol. The monoisotopic (exact) mass is 327 g/mol. The van der Waals surface area contributed by atoms with E-state index in [9.17, 15) is 14.7 Å². The van der Waals surface area contributed by atoms with Crippen molar-refractivity contribution in [1.29, 1.82) is 5.41 Å². The van der Waals surface area contributed by atoms with E-state index in [1.165, 1.54) is 19.2 Å². The van der Waals surface area contributed by atoms with Gasteiger partial charge in [0.25, 0.3) is 5.91 Å². The maximum absolute atomic E-state index is 12.3. The van der Waals surface area contributed by atoms with Crippen LogP contribution in [0.3, 0.4) is 0 Å². The fourth-order valence-corrected chi connectivity index (χ4v) is 2.13. The Hall–Kier alpha value is -3.35. The lowest BCUT2D eigenvalue weighted by molar-refractivity contribution is -0.139. The predicted octanol–water partition coefficient (Wildman–Crippen LogP) is 1.53.